The highest BCUT2D eigenvalue weighted by atomic mass is 32.2. The molecule has 5 rings (SSSR count). The van der Waals surface area contributed by atoms with Crippen molar-refractivity contribution >= 4 is 78.7 Å². The van der Waals surface area contributed by atoms with Gasteiger partial charge in [-0.2, -0.15) is 4.31 Å². The third kappa shape index (κ3) is 14.3. The highest BCUT2D eigenvalue weighted by molar-refractivity contribution is 7.92. The number of ketones is 1. The molecule has 25 heteroatoms. The fourth-order valence-electron chi connectivity index (χ4n) is 7.95. The Labute approximate surface area is 424 Å². The van der Waals surface area contributed by atoms with Crippen LogP contribution < -0.4 is 20.7 Å². The number of fused-ring (bicyclic) bond motifs is 2. The minimum absolute atomic E-state index is 0.000671. The molecule has 23 nitrogen and oxygen atoms in total. The summed E-state index contributed by atoms with van der Waals surface area (Å²) in [6.45, 7) is 16.5. The van der Waals surface area contributed by atoms with Crippen LogP contribution in [0.1, 0.15) is 105 Å². The van der Waals surface area contributed by atoms with Crippen LogP contribution in [-0.4, -0.2) is 156 Å². The first-order valence-electron chi connectivity index (χ1n) is 23.8. The third-order valence-corrected chi connectivity index (χ3v) is 15.3. The highest BCUT2D eigenvalue weighted by Crippen LogP contribution is 2.38. The van der Waals surface area contributed by atoms with Crippen molar-refractivity contribution in [2.24, 2.45) is 0 Å². The highest BCUT2D eigenvalue weighted by Gasteiger charge is 2.42. The number of H-pyrrole nitrogens is 1. The first kappa shape index (κ1) is 57.6. The molecule has 0 unspecified atom stereocenters. The van der Waals surface area contributed by atoms with Gasteiger partial charge in [0, 0.05) is 74.2 Å². The van der Waals surface area contributed by atoms with Gasteiger partial charge in [-0.25, -0.2) is 26.4 Å². The average Bonchev–Trinajstić information content (AvgIpc) is 4.01. The zero-order chi connectivity index (χ0) is 53.9. The minimum Gasteiger partial charge on any atom is -0.452 e. The number of benzene rings is 1. The molecule has 4 N–H and O–H groups in total. The maximum absolute atomic E-state index is 13.4. The van der Waals surface area contributed by atoms with Crippen molar-refractivity contribution in [2.45, 2.75) is 109 Å². The number of carbonyl (C=O) groups is 7. The molecule has 4 heterocycles. The number of nitrogens with one attached hydrogen (secondary N) is 4. The number of rotatable bonds is 26. The van der Waals surface area contributed by atoms with Crippen LogP contribution in [0.4, 0.5) is 5.69 Å². The molecule has 3 aromatic rings. The van der Waals surface area contributed by atoms with Crippen LogP contribution in [0.5, 0.6) is 5.75 Å². The molecule has 0 aliphatic carbocycles. The number of furan rings is 1. The van der Waals surface area contributed by atoms with Crippen LogP contribution in [-0.2, 0) is 67.6 Å². The molecule has 0 radical (unpaired) electrons. The number of esters is 4. The summed E-state index contributed by atoms with van der Waals surface area (Å²) in [5, 5.41) is 7.49. The van der Waals surface area contributed by atoms with Crippen molar-refractivity contribution < 1.29 is 78.5 Å². The summed E-state index contributed by atoms with van der Waals surface area (Å²) in [5.74, 6) is -7.19. The lowest BCUT2D eigenvalue weighted by Crippen LogP contribution is -2.44. The van der Waals surface area contributed by atoms with Gasteiger partial charge in [-0.15, -0.1) is 0 Å². The van der Waals surface area contributed by atoms with Crippen LogP contribution in [0, 0.1) is 13.8 Å². The van der Waals surface area contributed by atoms with E-state index >= 15 is 0 Å². The Morgan fingerprint density at radius 2 is 1.60 bits per heavy atom. The van der Waals surface area contributed by atoms with Crippen molar-refractivity contribution in [1.29, 1.82) is 0 Å². The van der Waals surface area contributed by atoms with Gasteiger partial charge in [0.2, 0.25) is 20.0 Å². The second-order valence-corrected chi connectivity index (χ2v) is 21.0. The summed E-state index contributed by atoms with van der Waals surface area (Å²) in [6.07, 6.45) is -3.93. The number of hydrogen-bond acceptors (Lipinski definition) is 19. The summed E-state index contributed by atoms with van der Waals surface area (Å²) < 4.78 is 85.7. The molecule has 2 aliphatic rings. The number of Topliss-reactive ketones (excluding diaryl/α,β-unsaturated/α-hetero) is 1. The van der Waals surface area contributed by atoms with Gasteiger partial charge < -0.3 is 53.9 Å². The predicted octanol–water partition coefficient (Wildman–Crippen LogP) is 3.00. The van der Waals surface area contributed by atoms with Crippen LogP contribution in [0.2, 0.25) is 0 Å². The molecule has 2 aromatic heterocycles. The zero-order valence-electron chi connectivity index (χ0n) is 42.3. The molecule has 0 bridgehead atoms. The van der Waals surface area contributed by atoms with Gasteiger partial charge in [-0.3, -0.25) is 24.0 Å². The quantitative estimate of drug-likeness (QED) is 0.0295. The van der Waals surface area contributed by atoms with Crippen molar-refractivity contribution in [1.82, 2.24) is 24.8 Å². The molecule has 0 saturated carbocycles. The van der Waals surface area contributed by atoms with Crippen LogP contribution in [0.25, 0.3) is 11.6 Å². The fourth-order valence-corrected chi connectivity index (χ4v) is 10.9. The van der Waals surface area contributed by atoms with Gasteiger partial charge in [-0.05, 0) is 90.5 Å². The summed E-state index contributed by atoms with van der Waals surface area (Å²) in [7, 11) is -7.37. The molecule has 73 heavy (non-hydrogen) atoms. The molecule has 0 fully saturated rings. The number of nitrogens with zero attached hydrogens (tertiary/aromatic N) is 2. The Morgan fingerprint density at radius 3 is 2.26 bits per heavy atom. The van der Waals surface area contributed by atoms with Gasteiger partial charge >= 0.3 is 23.9 Å². The Bertz CT molecular complexity index is 2830. The number of ether oxygens (including phenoxy) is 5. The largest absolute Gasteiger partial charge is 0.452 e. The Hall–Kier alpha value is -6.25. The number of hydrogen-bond donors (Lipinski definition) is 4. The van der Waals surface area contributed by atoms with E-state index in [0.717, 1.165) is 44.2 Å². The second-order valence-electron chi connectivity index (χ2n) is 17.3. The van der Waals surface area contributed by atoms with Crippen molar-refractivity contribution in [3.8, 4) is 5.75 Å². The number of likely N-dealkylation sites (N-methyl/N-ethyl adjacent to an activating group) is 2. The fraction of sp³-hybridized carbons (Fsp3) is 0.521. The number of aryl methyl sites for hydroxylation is 1. The minimum atomic E-state index is -4.60. The monoisotopic (exact) mass is 1060 g/mol. The van der Waals surface area contributed by atoms with E-state index in [9.17, 15) is 50.4 Å². The topological polar surface area (TPSA) is 305 Å². The van der Waals surface area contributed by atoms with Gasteiger partial charge in [-0.1, -0.05) is 20.8 Å². The molecule has 1 aromatic carbocycles. The number of methoxy groups -OCH3 is 1. The molecule has 2 amide bonds. The molecular weight excluding hydrogens is 997 g/mol. The summed E-state index contributed by atoms with van der Waals surface area (Å²) in [6, 6.07) is 4.92. The van der Waals surface area contributed by atoms with Crippen LogP contribution in [0.3, 0.4) is 0 Å². The Kier molecular flexibility index (Phi) is 19.8. The van der Waals surface area contributed by atoms with Crippen molar-refractivity contribution in [3.63, 3.8) is 0 Å². The molecule has 0 saturated heterocycles. The lowest BCUT2D eigenvalue weighted by atomic mass is 10.0. The van der Waals surface area contributed by atoms with Gasteiger partial charge in [0.25, 0.3) is 21.8 Å². The predicted molar refractivity (Wildman–Crippen MR) is 262 cm³/mol. The van der Waals surface area contributed by atoms with E-state index in [2.05, 4.69) is 25.8 Å². The van der Waals surface area contributed by atoms with Crippen molar-refractivity contribution in [3.05, 3.63) is 57.9 Å². The van der Waals surface area contributed by atoms with E-state index in [0.29, 0.717) is 59.8 Å². The van der Waals surface area contributed by atoms with Crippen molar-refractivity contribution in [2.75, 3.05) is 70.6 Å². The summed E-state index contributed by atoms with van der Waals surface area (Å²) in [5.41, 5.74) is 3.49. The Morgan fingerprint density at radius 1 is 0.945 bits per heavy atom. The van der Waals surface area contributed by atoms with Gasteiger partial charge in [0.15, 0.2) is 24.1 Å². The normalized spacial score (nSPS) is 17.0. The van der Waals surface area contributed by atoms with E-state index in [1.165, 1.54) is 19.2 Å². The molecular formula is C48H64N6O17S2. The van der Waals surface area contributed by atoms with Crippen LogP contribution >= 0.6 is 0 Å². The lowest BCUT2D eigenvalue weighted by molar-refractivity contribution is -0.179. The summed E-state index contributed by atoms with van der Waals surface area (Å²) >= 11 is 0. The molecule has 400 valence electrons. The number of aromatic amines is 1. The molecule has 0 spiro atoms. The third-order valence-electron chi connectivity index (χ3n) is 12.0. The number of amides is 2. The van der Waals surface area contributed by atoms with Crippen LogP contribution in [0.15, 0.2) is 38.9 Å². The van der Waals surface area contributed by atoms with E-state index in [1.54, 1.807) is 32.9 Å². The second kappa shape index (κ2) is 25.1. The number of sulfonamides is 1. The number of aromatic nitrogens is 1. The summed E-state index contributed by atoms with van der Waals surface area (Å²) in [4.78, 5) is 95.6. The molecule has 4 atom stereocenters. The zero-order valence-corrected chi connectivity index (χ0v) is 44.0. The number of sulfone groups is 1. The average molecular weight is 1060 g/mol. The van der Waals surface area contributed by atoms with E-state index < -0.39 is 109 Å². The first-order valence-corrected chi connectivity index (χ1v) is 26.8. The smallest absolute Gasteiger partial charge is 0.347 e. The maximum atomic E-state index is 13.4. The SMILES string of the molecule is CCN[C@H]1CN(CCCOC)S(=O)(=O)c2oc(S(=O)(=O)CC(=O)[C@H](C)OC(=O)[C@@H](C)OC(=O)[C@@H](C)OC(=O)CCC(=O)Oc3ccc4c(c3)/C(=C/c3[nH]c(C)c(C(=O)NCCN(CC)CC)c3C)C(=O)N4)cc21. The molecule has 2 aliphatic heterocycles. The first-order chi connectivity index (χ1) is 34.4. The Balaban J connectivity index is 1.09. The van der Waals surface area contributed by atoms with E-state index in [1.807, 2.05) is 13.8 Å². The number of anilines is 1. The van der Waals surface area contributed by atoms with E-state index in [-0.39, 0.29) is 42.5 Å². The van der Waals surface area contributed by atoms with E-state index in [4.69, 9.17) is 28.1 Å². The lowest BCUT2D eigenvalue weighted by Gasteiger charge is -2.31. The maximum Gasteiger partial charge on any atom is 0.347 e. The van der Waals surface area contributed by atoms with Gasteiger partial charge in [0.05, 0.1) is 30.0 Å². The standard InChI is InChI=1S/C48H64N6O17S2/c1-10-49-38-25-54(19-13-21-66-9)73(64,65)48-35(38)24-42(71-48)72(62,63)26-39(55)29(6)68-47(61)31(8)69-46(60)30(7)67-40(56)16-17-41(57)70-32-14-15-36-33(22-32)34(44(58)52-36)23-37-27(4)43(28(5)51-37)45(59)50-18-20-53(11-2)12-3/h14-15,22-24,29-31,38,49,51H,10-13,16-21,25-26H2,1-9H3,(H,50,59)(H,52,58)/b34-23-/t29-,30+,31+,38-/m0/s1. The van der Waals surface area contributed by atoms with Gasteiger partial charge in [0.1, 0.15) is 11.5 Å². The number of carbonyl (C=O) groups excluding carboxylic acids is 7.